The van der Waals surface area contributed by atoms with Gasteiger partial charge in [0.25, 0.3) is 0 Å². The fourth-order valence-corrected chi connectivity index (χ4v) is 2.49. The molecular weight excluding hydrogens is 282 g/mol. The SMILES string of the molecule is COCc1nn2c(C)c(C(=O)O)cnc2c1-c1ccccc1. The first-order valence-corrected chi connectivity index (χ1v) is 6.78. The minimum atomic E-state index is -1.02. The molecule has 0 saturated heterocycles. The highest BCUT2D eigenvalue weighted by Gasteiger charge is 2.19. The minimum absolute atomic E-state index is 0.138. The van der Waals surface area contributed by atoms with Crippen molar-refractivity contribution in [1.82, 2.24) is 14.6 Å². The zero-order chi connectivity index (χ0) is 15.7. The van der Waals surface area contributed by atoms with Gasteiger partial charge in [-0.3, -0.25) is 0 Å². The Morgan fingerprint density at radius 3 is 2.68 bits per heavy atom. The maximum atomic E-state index is 11.2. The number of carbonyl (C=O) groups is 1. The van der Waals surface area contributed by atoms with Crippen LogP contribution < -0.4 is 0 Å². The average molecular weight is 297 g/mol. The Kier molecular flexibility index (Phi) is 3.60. The van der Waals surface area contributed by atoms with Gasteiger partial charge in [-0.2, -0.15) is 5.10 Å². The number of rotatable bonds is 4. The Bertz CT molecular complexity index is 841. The number of ether oxygens (including phenoxy) is 1. The van der Waals surface area contributed by atoms with Crippen molar-refractivity contribution in [2.45, 2.75) is 13.5 Å². The summed E-state index contributed by atoms with van der Waals surface area (Å²) in [5.74, 6) is -1.02. The van der Waals surface area contributed by atoms with Gasteiger partial charge in [-0.25, -0.2) is 14.3 Å². The second-order valence-electron chi connectivity index (χ2n) is 4.92. The van der Waals surface area contributed by atoms with Crippen molar-refractivity contribution in [2.24, 2.45) is 0 Å². The van der Waals surface area contributed by atoms with Crippen LogP contribution in [0.25, 0.3) is 16.8 Å². The molecular formula is C16H15N3O3. The molecule has 6 nitrogen and oxygen atoms in total. The van der Waals surface area contributed by atoms with E-state index in [9.17, 15) is 9.90 Å². The van der Waals surface area contributed by atoms with Crippen LogP contribution in [0.4, 0.5) is 0 Å². The van der Waals surface area contributed by atoms with Crippen LogP contribution >= 0.6 is 0 Å². The van der Waals surface area contributed by atoms with Gasteiger partial charge in [0.15, 0.2) is 5.65 Å². The van der Waals surface area contributed by atoms with Gasteiger partial charge >= 0.3 is 5.97 Å². The Hall–Kier alpha value is -2.73. The Labute approximate surface area is 127 Å². The summed E-state index contributed by atoms with van der Waals surface area (Å²) in [6, 6.07) is 9.75. The summed E-state index contributed by atoms with van der Waals surface area (Å²) in [7, 11) is 1.60. The number of aryl methyl sites for hydroxylation is 1. The largest absolute Gasteiger partial charge is 0.478 e. The maximum absolute atomic E-state index is 11.2. The first kappa shape index (κ1) is 14.2. The van der Waals surface area contributed by atoms with Crippen molar-refractivity contribution in [3.63, 3.8) is 0 Å². The van der Waals surface area contributed by atoms with E-state index in [2.05, 4.69) is 10.1 Å². The highest BCUT2D eigenvalue weighted by molar-refractivity contribution is 5.89. The summed E-state index contributed by atoms with van der Waals surface area (Å²) in [5, 5.41) is 13.7. The molecule has 1 N–H and O–H groups in total. The van der Waals surface area contributed by atoms with Crippen LogP contribution in [0.5, 0.6) is 0 Å². The third kappa shape index (κ3) is 2.23. The van der Waals surface area contributed by atoms with Crippen molar-refractivity contribution < 1.29 is 14.6 Å². The van der Waals surface area contributed by atoms with Gasteiger partial charge in [0.05, 0.1) is 29.1 Å². The first-order valence-electron chi connectivity index (χ1n) is 6.78. The number of carboxylic acids is 1. The quantitative estimate of drug-likeness (QED) is 0.801. The van der Waals surface area contributed by atoms with Crippen molar-refractivity contribution in [3.05, 3.63) is 53.5 Å². The highest BCUT2D eigenvalue weighted by atomic mass is 16.5. The van der Waals surface area contributed by atoms with Crippen LogP contribution in [0.1, 0.15) is 21.7 Å². The van der Waals surface area contributed by atoms with Crippen LogP contribution in [0.3, 0.4) is 0 Å². The predicted octanol–water partition coefficient (Wildman–Crippen LogP) is 2.55. The molecule has 0 aliphatic carbocycles. The van der Waals surface area contributed by atoms with E-state index in [1.807, 2.05) is 30.3 Å². The number of carboxylic acid groups (broad SMARTS) is 1. The first-order chi connectivity index (χ1) is 10.6. The summed E-state index contributed by atoms with van der Waals surface area (Å²) in [6.07, 6.45) is 1.37. The molecule has 3 rings (SSSR count). The van der Waals surface area contributed by atoms with Crippen molar-refractivity contribution in [3.8, 4) is 11.1 Å². The molecule has 22 heavy (non-hydrogen) atoms. The molecule has 0 unspecified atom stereocenters. The van der Waals surface area contributed by atoms with E-state index in [1.165, 1.54) is 6.20 Å². The third-order valence-corrected chi connectivity index (χ3v) is 3.53. The van der Waals surface area contributed by atoms with Crippen LogP contribution in [-0.4, -0.2) is 32.8 Å². The Morgan fingerprint density at radius 2 is 2.05 bits per heavy atom. The lowest BCUT2D eigenvalue weighted by Gasteiger charge is -2.04. The van der Waals surface area contributed by atoms with Crippen LogP contribution in [0.2, 0.25) is 0 Å². The maximum Gasteiger partial charge on any atom is 0.339 e. The molecule has 0 fully saturated rings. The molecule has 0 bridgehead atoms. The fraction of sp³-hybridized carbons (Fsp3) is 0.188. The highest BCUT2D eigenvalue weighted by Crippen LogP contribution is 2.28. The fourth-order valence-electron chi connectivity index (χ4n) is 2.49. The second-order valence-corrected chi connectivity index (χ2v) is 4.92. The lowest BCUT2D eigenvalue weighted by Crippen LogP contribution is -2.07. The molecule has 0 atom stereocenters. The predicted molar refractivity (Wildman–Crippen MR) is 80.8 cm³/mol. The molecule has 0 saturated carbocycles. The number of fused-ring (bicyclic) bond motifs is 1. The van der Waals surface area contributed by atoms with E-state index in [0.717, 1.165) is 16.8 Å². The Balaban J connectivity index is 2.32. The number of methoxy groups -OCH3 is 1. The molecule has 1 aromatic carbocycles. The normalized spacial score (nSPS) is 11.0. The smallest absolute Gasteiger partial charge is 0.339 e. The summed E-state index contributed by atoms with van der Waals surface area (Å²) in [4.78, 5) is 15.6. The van der Waals surface area contributed by atoms with E-state index in [4.69, 9.17) is 4.74 Å². The number of aromatic nitrogens is 3. The lowest BCUT2D eigenvalue weighted by atomic mass is 10.1. The lowest BCUT2D eigenvalue weighted by molar-refractivity contribution is 0.0695. The van der Waals surface area contributed by atoms with E-state index < -0.39 is 5.97 Å². The average Bonchev–Trinajstić information content (AvgIpc) is 2.87. The van der Waals surface area contributed by atoms with Crippen LogP contribution in [-0.2, 0) is 11.3 Å². The Morgan fingerprint density at radius 1 is 1.32 bits per heavy atom. The van der Waals surface area contributed by atoms with E-state index in [-0.39, 0.29) is 5.56 Å². The standard InChI is InChI=1S/C16H15N3O3/c1-10-12(16(20)21)8-17-15-14(11-6-4-3-5-7-11)13(9-22-2)18-19(10)15/h3-8H,9H2,1-2H3,(H,20,21). The summed E-state index contributed by atoms with van der Waals surface area (Å²) in [5.41, 5.74) is 3.87. The molecule has 2 aromatic heterocycles. The molecule has 0 spiro atoms. The molecule has 0 radical (unpaired) electrons. The van der Waals surface area contributed by atoms with E-state index >= 15 is 0 Å². The number of benzene rings is 1. The van der Waals surface area contributed by atoms with Gasteiger partial charge in [-0.1, -0.05) is 30.3 Å². The van der Waals surface area contributed by atoms with Gasteiger partial charge < -0.3 is 9.84 Å². The number of aromatic carboxylic acids is 1. The van der Waals surface area contributed by atoms with Crippen LogP contribution in [0, 0.1) is 6.92 Å². The van der Waals surface area contributed by atoms with Crippen molar-refractivity contribution in [2.75, 3.05) is 7.11 Å². The van der Waals surface area contributed by atoms with Crippen molar-refractivity contribution in [1.29, 1.82) is 0 Å². The number of nitrogens with zero attached hydrogens (tertiary/aromatic N) is 3. The third-order valence-electron chi connectivity index (χ3n) is 3.53. The summed E-state index contributed by atoms with van der Waals surface area (Å²) >= 11 is 0. The van der Waals surface area contributed by atoms with E-state index in [0.29, 0.717) is 17.9 Å². The summed E-state index contributed by atoms with van der Waals surface area (Å²) < 4.78 is 6.79. The molecule has 0 aliphatic heterocycles. The molecule has 6 heteroatoms. The molecule has 0 aliphatic rings. The minimum Gasteiger partial charge on any atom is -0.478 e. The van der Waals surface area contributed by atoms with Gasteiger partial charge in [0.2, 0.25) is 0 Å². The van der Waals surface area contributed by atoms with Gasteiger partial charge in [0.1, 0.15) is 0 Å². The number of hydrogen-bond acceptors (Lipinski definition) is 4. The topological polar surface area (TPSA) is 76.7 Å². The van der Waals surface area contributed by atoms with Crippen LogP contribution in [0.15, 0.2) is 36.5 Å². The molecule has 112 valence electrons. The van der Waals surface area contributed by atoms with Gasteiger partial charge in [-0.05, 0) is 12.5 Å². The van der Waals surface area contributed by atoms with Crippen molar-refractivity contribution >= 4 is 11.6 Å². The monoisotopic (exact) mass is 297 g/mol. The van der Waals surface area contributed by atoms with Gasteiger partial charge in [-0.15, -0.1) is 0 Å². The zero-order valence-electron chi connectivity index (χ0n) is 12.3. The summed E-state index contributed by atoms with van der Waals surface area (Å²) in [6.45, 7) is 2.05. The molecule has 3 aromatic rings. The van der Waals surface area contributed by atoms with Gasteiger partial charge in [0, 0.05) is 13.3 Å². The molecule has 0 amide bonds. The second kappa shape index (κ2) is 5.57. The van der Waals surface area contributed by atoms with E-state index in [1.54, 1.807) is 18.5 Å². The number of hydrogen-bond donors (Lipinski definition) is 1. The zero-order valence-corrected chi connectivity index (χ0v) is 12.3. The molecule has 2 heterocycles.